The number of hydrogen-bond donors (Lipinski definition) is 0. The van der Waals surface area contributed by atoms with Crippen molar-refractivity contribution >= 4 is 39.0 Å². The second-order valence-corrected chi connectivity index (χ2v) is 8.86. The van der Waals surface area contributed by atoms with E-state index in [1.54, 1.807) is 30.5 Å². The molecule has 26 heavy (non-hydrogen) atoms. The standard InChI is InChI=1S/C18H21Cl2N3O2S/c19-9-1-3-15-5-7-16(8-6-15)26(24,25)23-13-11-22(12-14-23)18-17(20)4-2-10-21-18/h2,4-8,10H,1,3,9,11-14H2. The van der Waals surface area contributed by atoms with Gasteiger partial charge in [-0.1, -0.05) is 23.7 Å². The summed E-state index contributed by atoms with van der Waals surface area (Å²) >= 11 is 11.9. The number of piperazine rings is 1. The largest absolute Gasteiger partial charge is 0.353 e. The minimum atomic E-state index is -3.49. The van der Waals surface area contributed by atoms with Crippen molar-refractivity contribution in [1.82, 2.24) is 9.29 Å². The normalized spacial score (nSPS) is 16.0. The molecule has 0 saturated carbocycles. The van der Waals surface area contributed by atoms with Crippen molar-refractivity contribution in [2.24, 2.45) is 0 Å². The van der Waals surface area contributed by atoms with Crippen molar-refractivity contribution in [1.29, 1.82) is 0 Å². The number of aryl methyl sites for hydroxylation is 1. The predicted molar refractivity (Wildman–Crippen MR) is 106 cm³/mol. The van der Waals surface area contributed by atoms with Crippen LogP contribution in [0.1, 0.15) is 12.0 Å². The van der Waals surface area contributed by atoms with E-state index in [-0.39, 0.29) is 0 Å². The Labute approximate surface area is 164 Å². The molecule has 0 radical (unpaired) electrons. The molecule has 1 fully saturated rings. The van der Waals surface area contributed by atoms with Crippen LogP contribution in [0, 0.1) is 0 Å². The number of pyridine rings is 1. The van der Waals surface area contributed by atoms with Crippen molar-refractivity contribution in [2.45, 2.75) is 17.7 Å². The Kier molecular flexibility index (Phi) is 6.40. The van der Waals surface area contributed by atoms with Gasteiger partial charge < -0.3 is 4.90 Å². The number of nitrogens with zero attached hydrogens (tertiary/aromatic N) is 3. The van der Waals surface area contributed by atoms with Gasteiger partial charge in [-0.15, -0.1) is 11.6 Å². The van der Waals surface area contributed by atoms with Crippen LogP contribution in [0.4, 0.5) is 5.82 Å². The number of aromatic nitrogens is 1. The molecule has 0 aliphatic carbocycles. The first kappa shape index (κ1) is 19.4. The summed E-state index contributed by atoms with van der Waals surface area (Å²) in [7, 11) is -3.49. The van der Waals surface area contributed by atoms with E-state index in [2.05, 4.69) is 4.98 Å². The number of halogens is 2. The number of alkyl halides is 1. The smallest absolute Gasteiger partial charge is 0.243 e. The van der Waals surface area contributed by atoms with Gasteiger partial charge in [-0.05, 0) is 42.7 Å². The zero-order valence-corrected chi connectivity index (χ0v) is 16.6. The molecule has 1 aliphatic rings. The molecular formula is C18H21Cl2N3O2S. The Hall–Kier alpha value is -1.34. The summed E-state index contributed by atoms with van der Waals surface area (Å²) in [5.41, 5.74) is 1.10. The lowest BCUT2D eigenvalue weighted by atomic mass is 10.1. The van der Waals surface area contributed by atoms with E-state index in [0.29, 0.717) is 47.8 Å². The fourth-order valence-electron chi connectivity index (χ4n) is 3.00. The summed E-state index contributed by atoms with van der Waals surface area (Å²) in [6.45, 7) is 1.93. The van der Waals surface area contributed by atoms with Gasteiger partial charge in [0.25, 0.3) is 0 Å². The number of anilines is 1. The van der Waals surface area contributed by atoms with E-state index in [1.807, 2.05) is 17.0 Å². The molecule has 2 aromatic rings. The second kappa shape index (κ2) is 8.57. The Morgan fingerprint density at radius 1 is 1.04 bits per heavy atom. The molecular weight excluding hydrogens is 393 g/mol. The van der Waals surface area contributed by atoms with Gasteiger partial charge >= 0.3 is 0 Å². The van der Waals surface area contributed by atoms with Crippen LogP contribution >= 0.6 is 23.2 Å². The summed E-state index contributed by atoms with van der Waals surface area (Å²) in [5.74, 6) is 1.31. The highest BCUT2D eigenvalue weighted by atomic mass is 35.5. The number of hydrogen-bond acceptors (Lipinski definition) is 4. The molecule has 0 N–H and O–H groups in total. The first-order valence-electron chi connectivity index (χ1n) is 8.53. The van der Waals surface area contributed by atoms with Crippen LogP contribution in [-0.2, 0) is 16.4 Å². The molecule has 1 aromatic heterocycles. The van der Waals surface area contributed by atoms with Crippen molar-refractivity contribution < 1.29 is 8.42 Å². The van der Waals surface area contributed by atoms with Crippen LogP contribution in [0.25, 0.3) is 0 Å². The van der Waals surface area contributed by atoms with E-state index in [1.165, 1.54) is 4.31 Å². The molecule has 1 aromatic carbocycles. The summed E-state index contributed by atoms with van der Waals surface area (Å²) in [5, 5.41) is 0.580. The molecule has 0 unspecified atom stereocenters. The summed E-state index contributed by atoms with van der Waals surface area (Å²) in [6.07, 6.45) is 3.43. The Morgan fingerprint density at radius 3 is 2.35 bits per heavy atom. The number of benzene rings is 1. The molecule has 0 spiro atoms. The van der Waals surface area contributed by atoms with Gasteiger partial charge in [-0.25, -0.2) is 13.4 Å². The van der Waals surface area contributed by atoms with E-state index < -0.39 is 10.0 Å². The highest BCUT2D eigenvalue weighted by molar-refractivity contribution is 7.89. The molecule has 0 amide bonds. The lowest BCUT2D eigenvalue weighted by Gasteiger charge is -2.35. The molecule has 5 nitrogen and oxygen atoms in total. The average molecular weight is 414 g/mol. The van der Waals surface area contributed by atoms with Gasteiger partial charge in [0.1, 0.15) is 5.82 Å². The van der Waals surface area contributed by atoms with Crippen LogP contribution in [0.15, 0.2) is 47.5 Å². The lowest BCUT2D eigenvalue weighted by Crippen LogP contribution is -2.49. The van der Waals surface area contributed by atoms with Gasteiger partial charge in [0.15, 0.2) is 0 Å². The zero-order valence-electron chi connectivity index (χ0n) is 14.3. The average Bonchev–Trinajstić information content (AvgIpc) is 2.67. The third-order valence-corrected chi connectivity index (χ3v) is 6.91. The fraction of sp³-hybridized carbons (Fsp3) is 0.389. The van der Waals surface area contributed by atoms with Crippen LogP contribution in [0.3, 0.4) is 0 Å². The lowest BCUT2D eigenvalue weighted by molar-refractivity contribution is 0.384. The molecule has 0 atom stereocenters. The Balaban J connectivity index is 1.67. The third-order valence-electron chi connectivity index (χ3n) is 4.44. The van der Waals surface area contributed by atoms with Gasteiger partial charge in [0.2, 0.25) is 10.0 Å². The first-order chi connectivity index (χ1) is 12.5. The van der Waals surface area contributed by atoms with Crippen LogP contribution in [0.2, 0.25) is 5.02 Å². The van der Waals surface area contributed by atoms with Gasteiger partial charge in [0.05, 0.1) is 9.92 Å². The Bertz CT molecular complexity index is 836. The second-order valence-electron chi connectivity index (χ2n) is 6.14. The van der Waals surface area contributed by atoms with Crippen molar-refractivity contribution in [3.05, 3.63) is 53.2 Å². The molecule has 1 saturated heterocycles. The zero-order chi connectivity index (χ0) is 18.6. The third kappa shape index (κ3) is 4.31. The minimum Gasteiger partial charge on any atom is -0.353 e. The molecule has 2 heterocycles. The predicted octanol–water partition coefficient (Wildman–Crippen LogP) is 3.42. The van der Waals surface area contributed by atoms with Crippen molar-refractivity contribution in [3.63, 3.8) is 0 Å². The monoisotopic (exact) mass is 413 g/mol. The maximum Gasteiger partial charge on any atom is 0.243 e. The fourth-order valence-corrected chi connectivity index (χ4v) is 4.80. The van der Waals surface area contributed by atoms with Crippen LogP contribution in [-0.4, -0.2) is 49.8 Å². The summed E-state index contributed by atoms with van der Waals surface area (Å²) < 4.78 is 27.3. The maximum atomic E-state index is 12.9. The minimum absolute atomic E-state index is 0.330. The van der Waals surface area contributed by atoms with Crippen molar-refractivity contribution in [3.8, 4) is 0 Å². The summed E-state index contributed by atoms with van der Waals surface area (Å²) in [4.78, 5) is 6.65. The Morgan fingerprint density at radius 2 is 1.73 bits per heavy atom. The maximum absolute atomic E-state index is 12.9. The number of rotatable bonds is 6. The van der Waals surface area contributed by atoms with Crippen molar-refractivity contribution in [2.75, 3.05) is 37.0 Å². The molecule has 8 heteroatoms. The van der Waals surface area contributed by atoms with E-state index in [4.69, 9.17) is 23.2 Å². The van der Waals surface area contributed by atoms with E-state index >= 15 is 0 Å². The summed E-state index contributed by atoms with van der Waals surface area (Å²) in [6, 6.07) is 10.7. The molecule has 0 bridgehead atoms. The van der Waals surface area contributed by atoms with Gasteiger partial charge in [-0.2, -0.15) is 4.31 Å². The first-order valence-corrected chi connectivity index (χ1v) is 10.9. The molecule has 1 aliphatic heterocycles. The SMILES string of the molecule is O=S(=O)(c1ccc(CCCCl)cc1)N1CCN(c2ncccc2Cl)CC1. The van der Waals surface area contributed by atoms with Crippen LogP contribution < -0.4 is 4.90 Å². The van der Waals surface area contributed by atoms with Crippen LogP contribution in [0.5, 0.6) is 0 Å². The molecule has 140 valence electrons. The molecule has 3 rings (SSSR count). The van der Waals surface area contributed by atoms with Gasteiger partial charge in [-0.3, -0.25) is 0 Å². The highest BCUT2D eigenvalue weighted by Gasteiger charge is 2.29. The number of sulfonamides is 1. The van der Waals surface area contributed by atoms with Gasteiger partial charge in [0, 0.05) is 38.3 Å². The van der Waals surface area contributed by atoms with E-state index in [9.17, 15) is 8.42 Å². The van der Waals surface area contributed by atoms with E-state index in [0.717, 1.165) is 18.4 Å². The quantitative estimate of drug-likeness (QED) is 0.680. The topological polar surface area (TPSA) is 53.5 Å². The highest BCUT2D eigenvalue weighted by Crippen LogP contribution is 2.25.